The molecule has 0 amide bonds. The van der Waals surface area contributed by atoms with Crippen LogP contribution in [0, 0.1) is 0 Å². The van der Waals surface area contributed by atoms with Crippen molar-refractivity contribution in [2.75, 3.05) is 0 Å². The van der Waals surface area contributed by atoms with Crippen LogP contribution < -0.4 is 5.56 Å². The Kier molecular flexibility index (Phi) is 2.23. The summed E-state index contributed by atoms with van der Waals surface area (Å²) in [6.45, 7) is 2.56. The second-order valence-corrected chi connectivity index (χ2v) is 3.48. The molecule has 82 valence electrons. The minimum atomic E-state index is -0.476. The van der Waals surface area contributed by atoms with Crippen LogP contribution in [0.15, 0.2) is 29.1 Å². The number of para-hydroxylation sites is 1. The maximum absolute atomic E-state index is 11.9. The first-order chi connectivity index (χ1) is 7.54. The van der Waals surface area contributed by atoms with Crippen molar-refractivity contribution in [1.82, 2.24) is 9.36 Å². The van der Waals surface area contributed by atoms with Gasteiger partial charge in [0.25, 0.3) is 5.56 Å². The van der Waals surface area contributed by atoms with E-state index < -0.39 is 11.5 Å². The third-order valence-corrected chi connectivity index (χ3v) is 2.35. The molecule has 0 atom stereocenters. The Morgan fingerprint density at radius 2 is 1.56 bits per heavy atom. The van der Waals surface area contributed by atoms with Gasteiger partial charge < -0.3 is 0 Å². The molecule has 0 aliphatic heterocycles. The first kappa shape index (κ1) is 10.4. The van der Waals surface area contributed by atoms with Gasteiger partial charge in [-0.2, -0.15) is 4.68 Å². The smallest absolute Gasteiger partial charge is 0.273 e. The van der Waals surface area contributed by atoms with Gasteiger partial charge in [0.15, 0.2) is 0 Å². The van der Waals surface area contributed by atoms with E-state index in [0.29, 0.717) is 10.9 Å². The van der Waals surface area contributed by atoms with Crippen molar-refractivity contribution in [2.45, 2.75) is 13.8 Å². The lowest BCUT2D eigenvalue weighted by Crippen LogP contribution is -2.30. The number of benzene rings is 1. The first-order valence-corrected chi connectivity index (χ1v) is 4.78. The highest BCUT2D eigenvalue weighted by molar-refractivity contribution is 5.93. The van der Waals surface area contributed by atoms with E-state index in [1.165, 1.54) is 13.8 Å². The minimum absolute atomic E-state index is 0.367. The molecule has 1 aromatic heterocycles. The average molecular weight is 218 g/mol. The molecule has 0 aliphatic carbocycles. The van der Waals surface area contributed by atoms with Crippen LogP contribution in [0.25, 0.3) is 10.9 Å². The van der Waals surface area contributed by atoms with E-state index >= 15 is 0 Å². The molecule has 0 spiro atoms. The molecule has 2 rings (SSSR count). The summed E-state index contributed by atoms with van der Waals surface area (Å²) in [6, 6.07) is 6.64. The second kappa shape index (κ2) is 3.44. The number of rotatable bonds is 0. The fourth-order valence-electron chi connectivity index (χ4n) is 1.75. The molecule has 1 heterocycles. The van der Waals surface area contributed by atoms with Crippen LogP contribution in [-0.2, 0) is 0 Å². The van der Waals surface area contributed by atoms with Crippen molar-refractivity contribution in [3.05, 3.63) is 34.6 Å². The lowest BCUT2D eigenvalue weighted by atomic mass is 10.2. The number of hydrogen-bond donors (Lipinski definition) is 0. The summed E-state index contributed by atoms with van der Waals surface area (Å²) in [4.78, 5) is 34.7. The molecule has 0 fully saturated rings. The third kappa shape index (κ3) is 1.29. The maximum atomic E-state index is 11.9. The lowest BCUT2D eigenvalue weighted by molar-refractivity contribution is 0.0823. The number of hydrogen-bond acceptors (Lipinski definition) is 3. The maximum Gasteiger partial charge on any atom is 0.282 e. The van der Waals surface area contributed by atoms with Gasteiger partial charge in [-0.25, -0.2) is 4.68 Å². The number of fused-ring (bicyclic) bond motifs is 1. The van der Waals surface area contributed by atoms with E-state index in [-0.39, 0.29) is 5.91 Å². The summed E-state index contributed by atoms with van der Waals surface area (Å²) < 4.78 is 1.95. The largest absolute Gasteiger partial charge is 0.282 e. The van der Waals surface area contributed by atoms with Gasteiger partial charge in [0, 0.05) is 13.8 Å². The van der Waals surface area contributed by atoms with Crippen molar-refractivity contribution in [3.8, 4) is 0 Å². The monoisotopic (exact) mass is 218 g/mol. The van der Waals surface area contributed by atoms with Crippen LogP contribution >= 0.6 is 0 Å². The molecule has 0 saturated heterocycles. The predicted molar refractivity (Wildman–Crippen MR) is 58.8 cm³/mol. The van der Waals surface area contributed by atoms with Gasteiger partial charge >= 0.3 is 0 Å². The molecule has 0 radical (unpaired) electrons. The Balaban J connectivity index is 3.04. The van der Waals surface area contributed by atoms with Crippen LogP contribution in [0.2, 0.25) is 0 Å². The van der Waals surface area contributed by atoms with Crippen LogP contribution in [0.1, 0.15) is 23.4 Å². The van der Waals surface area contributed by atoms with Crippen LogP contribution in [0.4, 0.5) is 0 Å². The fourth-order valence-corrected chi connectivity index (χ4v) is 1.75. The van der Waals surface area contributed by atoms with Gasteiger partial charge in [-0.3, -0.25) is 14.4 Å². The average Bonchev–Trinajstić information content (AvgIpc) is 2.53. The van der Waals surface area contributed by atoms with Crippen molar-refractivity contribution in [2.24, 2.45) is 0 Å². The number of carbonyl (C=O) groups is 2. The molecule has 0 aliphatic rings. The molecule has 1 aromatic carbocycles. The summed E-state index contributed by atoms with van der Waals surface area (Å²) in [5, 5.41) is 0.368. The van der Waals surface area contributed by atoms with E-state index in [0.717, 1.165) is 9.36 Å². The van der Waals surface area contributed by atoms with Gasteiger partial charge in [-0.05, 0) is 12.1 Å². The standard InChI is InChI=1S/C11H10N2O3/c1-7(14)12-10-6-4-3-5-9(10)11(16)13(12)8(2)15/h3-6H,1-2H3. The van der Waals surface area contributed by atoms with Crippen LogP contribution in [-0.4, -0.2) is 21.2 Å². The molecule has 5 nitrogen and oxygen atoms in total. The Bertz CT molecular complexity index is 649. The van der Waals surface area contributed by atoms with Crippen molar-refractivity contribution < 1.29 is 9.59 Å². The van der Waals surface area contributed by atoms with E-state index in [4.69, 9.17) is 0 Å². The minimum Gasteiger partial charge on any atom is -0.273 e. The summed E-state index contributed by atoms with van der Waals surface area (Å²) in [5.41, 5.74) is -0.00602. The fraction of sp³-hybridized carbons (Fsp3) is 0.182. The van der Waals surface area contributed by atoms with E-state index in [9.17, 15) is 14.4 Å². The number of nitrogens with zero attached hydrogens (tertiary/aromatic N) is 2. The summed E-state index contributed by atoms with van der Waals surface area (Å²) in [6.07, 6.45) is 0. The van der Waals surface area contributed by atoms with Gasteiger partial charge in [0.05, 0.1) is 10.9 Å². The van der Waals surface area contributed by atoms with Crippen molar-refractivity contribution in [1.29, 1.82) is 0 Å². The zero-order valence-corrected chi connectivity index (χ0v) is 8.93. The van der Waals surface area contributed by atoms with Gasteiger partial charge in [-0.15, -0.1) is 0 Å². The number of aromatic nitrogens is 2. The molecule has 16 heavy (non-hydrogen) atoms. The molecule has 0 N–H and O–H groups in total. The SMILES string of the molecule is CC(=O)n1c(=O)c2ccccc2n1C(C)=O. The third-order valence-electron chi connectivity index (χ3n) is 2.35. The highest BCUT2D eigenvalue weighted by Gasteiger charge is 2.17. The molecule has 5 heteroatoms. The molecular weight excluding hydrogens is 208 g/mol. The number of carbonyl (C=O) groups excluding carboxylic acids is 2. The Labute approximate surface area is 90.9 Å². The van der Waals surface area contributed by atoms with Crippen LogP contribution in [0.3, 0.4) is 0 Å². The quantitative estimate of drug-likeness (QED) is 0.665. The first-order valence-electron chi connectivity index (χ1n) is 4.78. The zero-order chi connectivity index (χ0) is 11.9. The second-order valence-electron chi connectivity index (χ2n) is 3.48. The van der Waals surface area contributed by atoms with E-state index in [2.05, 4.69) is 0 Å². The van der Waals surface area contributed by atoms with E-state index in [1.54, 1.807) is 24.3 Å². The van der Waals surface area contributed by atoms with Gasteiger partial charge in [-0.1, -0.05) is 12.1 Å². The predicted octanol–water partition coefficient (Wildman–Crippen LogP) is 1.12. The summed E-state index contributed by atoms with van der Waals surface area (Å²) >= 11 is 0. The zero-order valence-electron chi connectivity index (χ0n) is 8.93. The summed E-state index contributed by atoms with van der Waals surface area (Å²) in [5.74, 6) is -0.843. The van der Waals surface area contributed by atoms with Crippen LogP contribution in [0.5, 0.6) is 0 Å². The van der Waals surface area contributed by atoms with Gasteiger partial charge in [0.2, 0.25) is 11.8 Å². The Morgan fingerprint density at radius 3 is 2.12 bits per heavy atom. The van der Waals surface area contributed by atoms with Crippen molar-refractivity contribution >= 4 is 22.7 Å². The molecule has 0 unspecified atom stereocenters. The lowest BCUT2D eigenvalue weighted by Gasteiger charge is -2.04. The Hall–Kier alpha value is -2.17. The molecule has 2 aromatic rings. The molecular formula is C11H10N2O3. The molecule has 0 bridgehead atoms. The van der Waals surface area contributed by atoms with Crippen molar-refractivity contribution in [3.63, 3.8) is 0 Å². The Morgan fingerprint density at radius 1 is 1.00 bits per heavy atom. The van der Waals surface area contributed by atoms with Gasteiger partial charge in [0.1, 0.15) is 0 Å². The topological polar surface area (TPSA) is 61.1 Å². The normalized spacial score (nSPS) is 10.6. The van der Waals surface area contributed by atoms with E-state index in [1.807, 2.05) is 0 Å². The highest BCUT2D eigenvalue weighted by Crippen LogP contribution is 2.10. The highest BCUT2D eigenvalue weighted by atomic mass is 16.2. The molecule has 0 saturated carbocycles. The summed E-state index contributed by atoms with van der Waals surface area (Å²) in [7, 11) is 0.